The van der Waals surface area contributed by atoms with Crippen LogP contribution in [0.4, 0.5) is 0 Å². The van der Waals surface area contributed by atoms with Gasteiger partial charge in [0.25, 0.3) is 0 Å². The van der Waals surface area contributed by atoms with Crippen LogP contribution < -0.4 is 3.27 Å². The topological polar surface area (TPSA) is 0 Å². The number of allylic oxidation sites excluding steroid dienone is 4. The van der Waals surface area contributed by atoms with E-state index in [0.29, 0.717) is 0 Å². The molecule has 0 fully saturated rings. The van der Waals surface area contributed by atoms with E-state index in [-0.39, 0.29) is 46.5 Å². The second-order valence-corrected chi connectivity index (χ2v) is 26.9. The van der Waals surface area contributed by atoms with Crippen molar-refractivity contribution >= 4 is 76.5 Å². The second-order valence-electron chi connectivity index (χ2n) is 18.5. The first-order valence-electron chi connectivity index (χ1n) is 18.2. The molecule has 0 bridgehead atoms. The first-order valence-corrected chi connectivity index (χ1v) is 24.0. The maximum atomic E-state index is 2.64. The van der Waals surface area contributed by atoms with Crippen LogP contribution in [0, 0.1) is 7.14 Å². The van der Waals surface area contributed by atoms with Crippen LogP contribution in [-0.4, -0.2) is 3.21 Å². The minimum Gasteiger partial charge on any atom is -0.147 e. The fraction of sp³-hybridized carbons (Fsp3) is 0.383. The first-order chi connectivity index (χ1) is 23.2. The zero-order chi connectivity index (χ0) is 36.6. The predicted molar refractivity (Wildman–Crippen MR) is 247 cm³/mol. The molecular formula is C47H56Cl2I2Zr. The predicted octanol–water partition coefficient (Wildman–Crippen LogP) is 13.9. The van der Waals surface area contributed by atoms with Crippen molar-refractivity contribution in [1.82, 2.24) is 0 Å². The molecule has 4 aromatic carbocycles. The SMILES string of the molecule is CC(C)(C)c1cc2c(cc1C(C)(C)C)-c1cc(C(C)(C)C)c(C(C)(C)C)[c]([Zr]([C]3=CC=CC3)=[C](c3ccc(I)cc3)c3ccc(I)cc3)c1C2.Cl.Cl. The summed E-state index contributed by atoms with van der Waals surface area (Å²) in [5.74, 6) is 0. The molecule has 0 atom stereocenters. The van der Waals surface area contributed by atoms with Crippen molar-refractivity contribution in [3.63, 3.8) is 0 Å². The van der Waals surface area contributed by atoms with Gasteiger partial charge in [-0.3, -0.25) is 0 Å². The normalized spacial score (nSPS) is 13.9. The number of fused-ring (bicyclic) bond motifs is 3. The zero-order valence-electron chi connectivity index (χ0n) is 33.1. The van der Waals surface area contributed by atoms with Gasteiger partial charge in [0.05, 0.1) is 0 Å². The van der Waals surface area contributed by atoms with Crippen LogP contribution in [0.3, 0.4) is 0 Å². The molecule has 0 N–H and O–H groups in total. The van der Waals surface area contributed by atoms with E-state index in [0.717, 1.165) is 12.8 Å². The Hall–Kier alpha value is -0.847. The summed E-state index contributed by atoms with van der Waals surface area (Å²) in [7, 11) is 0. The fourth-order valence-electron chi connectivity index (χ4n) is 8.03. The van der Waals surface area contributed by atoms with Gasteiger partial charge in [-0.25, -0.2) is 0 Å². The van der Waals surface area contributed by atoms with E-state index in [9.17, 15) is 0 Å². The molecule has 0 aromatic heterocycles. The van der Waals surface area contributed by atoms with Crippen molar-refractivity contribution in [1.29, 1.82) is 0 Å². The van der Waals surface area contributed by atoms with Gasteiger partial charge in [-0.15, -0.1) is 24.8 Å². The third kappa shape index (κ3) is 8.75. The molecule has 0 heterocycles. The summed E-state index contributed by atoms with van der Waals surface area (Å²) < 4.78 is 7.59. The standard InChI is InChI=1S/C29H41.C13H8I2.C5H5.2ClH.Zr/c1-26(2,3)22-14-18-13-19-15-23(27(4,5)6)25(29(10,11)12)17-21(19)20(18)16-24(22)28(7,8)9;14-12-5-1-10(2-6-12)9-11-3-7-13(15)8-4-11;1-2-4-5-3-1;;;/h14,16-17H,13H2,1-12H3;1-8H;1-3H,4H2;2*1H;. The van der Waals surface area contributed by atoms with Gasteiger partial charge in [0.1, 0.15) is 0 Å². The third-order valence-electron chi connectivity index (χ3n) is 10.4. The van der Waals surface area contributed by atoms with Gasteiger partial charge >= 0.3 is 342 Å². The van der Waals surface area contributed by atoms with E-state index in [2.05, 4.69) is 213 Å². The summed E-state index contributed by atoms with van der Waals surface area (Å²) >= 11 is 1.99. The van der Waals surface area contributed by atoms with Crippen molar-refractivity contribution in [3.8, 4) is 11.1 Å². The van der Waals surface area contributed by atoms with Gasteiger partial charge < -0.3 is 0 Å². The monoisotopic (exact) mass is 1030 g/mol. The molecule has 0 unspecified atom stereocenters. The molecule has 6 rings (SSSR count). The summed E-state index contributed by atoms with van der Waals surface area (Å²) in [5.41, 5.74) is 15.1. The van der Waals surface area contributed by atoms with Crippen LogP contribution in [0.2, 0.25) is 0 Å². The maximum absolute atomic E-state index is 2.93. The minimum atomic E-state index is -2.93. The Kier molecular flexibility index (Phi) is 13.5. The molecule has 5 heteroatoms. The molecule has 0 spiro atoms. The largest absolute Gasteiger partial charge is 0.147 e. The summed E-state index contributed by atoms with van der Waals surface area (Å²) in [6.45, 7) is 29.1. The van der Waals surface area contributed by atoms with Crippen LogP contribution in [0.5, 0.6) is 0 Å². The Bertz CT molecular complexity index is 2020. The molecule has 0 saturated heterocycles. The molecule has 4 aromatic rings. The van der Waals surface area contributed by atoms with E-state index < -0.39 is 21.3 Å². The Morgan fingerprint density at radius 3 is 1.46 bits per heavy atom. The zero-order valence-corrected chi connectivity index (χ0v) is 41.5. The molecular weight excluding hydrogens is 980 g/mol. The van der Waals surface area contributed by atoms with E-state index >= 15 is 0 Å². The Morgan fingerprint density at radius 2 is 1.04 bits per heavy atom. The summed E-state index contributed by atoms with van der Waals surface area (Å²) in [5, 5.41) is 0. The summed E-state index contributed by atoms with van der Waals surface area (Å²) in [6, 6.07) is 26.7. The van der Waals surface area contributed by atoms with E-state index in [1.807, 2.05) is 0 Å². The van der Waals surface area contributed by atoms with Gasteiger partial charge in [0.15, 0.2) is 0 Å². The van der Waals surface area contributed by atoms with Gasteiger partial charge in [-0.2, -0.15) is 0 Å². The molecule has 52 heavy (non-hydrogen) atoms. The van der Waals surface area contributed by atoms with Crippen LogP contribution in [-0.2, 0) is 49.3 Å². The first kappa shape index (κ1) is 43.9. The molecule has 2 aliphatic carbocycles. The number of hydrogen-bond donors (Lipinski definition) is 0. The van der Waals surface area contributed by atoms with Gasteiger partial charge in [0, 0.05) is 0 Å². The molecule has 0 nitrogen and oxygen atoms in total. The average Bonchev–Trinajstić information content (AvgIpc) is 3.66. The van der Waals surface area contributed by atoms with E-state index in [1.54, 1.807) is 20.9 Å². The third-order valence-corrected chi connectivity index (χ3v) is 19.5. The summed E-state index contributed by atoms with van der Waals surface area (Å²) in [4.78, 5) is 0. The Morgan fingerprint density at radius 1 is 0.577 bits per heavy atom. The van der Waals surface area contributed by atoms with Crippen molar-refractivity contribution in [2.75, 3.05) is 0 Å². The van der Waals surface area contributed by atoms with Crippen molar-refractivity contribution in [2.24, 2.45) is 0 Å². The Labute approximate surface area is 362 Å². The quantitative estimate of drug-likeness (QED) is 0.157. The molecule has 0 saturated carbocycles. The van der Waals surface area contributed by atoms with Crippen LogP contribution in [0.1, 0.15) is 134 Å². The van der Waals surface area contributed by atoms with Gasteiger partial charge in [-0.1, -0.05) is 0 Å². The number of rotatable bonds is 4. The van der Waals surface area contributed by atoms with E-state index in [4.69, 9.17) is 0 Å². The smallest absolute Gasteiger partial charge is 0.147 e. The molecule has 0 amide bonds. The van der Waals surface area contributed by atoms with Gasteiger partial charge in [0.2, 0.25) is 0 Å². The number of benzene rings is 4. The van der Waals surface area contributed by atoms with Crippen LogP contribution >= 0.6 is 70.0 Å². The fourth-order valence-corrected chi connectivity index (χ4v) is 17.8. The summed E-state index contributed by atoms with van der Waals surface area (Å²) in [6.07, 6.45) is 9.31. The van der Waals surface area contributed by atoms with Crippen LogP contribution in [0.15, 0.2) is 88.2 Å². The molecule has 0 aliphatic heterocycles. The number of hydrogen-bond acceptors (Lipinski definition) is 0. The molecule has 276 valence electrons. The molecule has 2 aliphatic rings. The van der Waals surface area contributed by atoms with Crippen LogP contribution in [0.25, 0.3) is 11.1 Å². The average molecular weight is 1040 g/mol. The minimum absolute atomic E-state index is 0. The van der Waals surface area contributed by atoms with Crippen molar-refractivity contribution in [2.45, 2.75) is 118 Å². The maximum Gasteiger partial charge on any atom is -0.147 e. The van der Waals surface area contributed by atoms with Crippen molar-refractivity contribution < 1.29 is 21.3 Å². The van der Waals surface area contributed by atoms with Gasteiger partial charge in [-0.05, 0) is 0 Å². The molecule has 0 radical (unpaired) electrons. The second kappa shape index (κ2) is 16.0. The number of halogens is 4. The van der Waals surface area contributed by atoms with E-state index in [1.165, 1.54) is 51.6 Å². The Balaban J connectivity index is 0.00000302. The van der Waals surface area contributed by atoms with Crippen molar-refractivity contribution in [3.05, 3.63) is 140 Å².